The molecule has 1 fully saturated rings. The number of carbonyl (C=O) groups excluding carboxylic acids is 1. The van der Waals surface area contributed by atoms with Crippen molar-refractivity contribution in [3.05, 3.63) is 23.7 Å². The molecule has 1 N–H and O–H groups in total. The van der Waals surface area contributed by atoms with Gasteiger partial charge in [0.1, 0.15) is 5.76 Å². The average Bonchev–Trinajstić information content (AvgIpc) is 2.76. The second kappa shape index (κ2) is 6.81. The summed E-state index contributed by atoms with van der Waals surface area (Å²) in [5.74, 6) is 1.53. The number of amides is 1. The van der Waals surface area contributed by atoms with E-state index in [1.54, 1.807) is 12.3 Å². The molecule has 1 aliphatic heterocycles. The molecule has 0 spiro atoms. The Kier molecular flexibility index (Phi) is 5.69. The van der Waals surface area contributed by atoms with Crippen LogP contribution in [0.2, 0.25) is 0 Å². The van der Waals surface area contributed by atoms with Crippen LogP contribution in [0.3, 0.4) is 0 Å². The van der Waals surface area contributed by atoms with Crippen molar-refractivity contribution in [2.45, 2.75) is 19.8 Å². The first-order valence-corrected chi connectivity index (χ1v) is 6.20. The van der Waals surface area contributed by atoms with E-state index in [1.807, 2.05) is 18.9 Å². The van der Waals surface area contributed by atoms with Gasteiger partial charge < -0.3 is 14.6 Å². The Hall–Kier alpha value is -1.00. The number of aryl methyl sites for hydroxylation is 1. The summed E-state index contributed by atoms with van der Waals surface area (Å²) in [7, 11) is 1.98. The van der Waals surface area contributed by atoms with Crippen LogP contribution in [0.25, 0.3) is 0 Å². The lowest BCUT2D eigenvalue weighted by molar-refractivity contribution is 0.0689. The number of halogens is 1. The molecule has 1 amide bonds. The molecule has 0 aliphatic carbocycles. The highest BCUT2D eigenvalue weighted by Crippen LogP contribution is 2.20. The number of likely N-dealkylation sites (tertiary alicyclic amines) is 1. The molecule has 2 rings (SSSR count). The SMILES string of the molecule is CNCC1CCN(C(=O)c2ccoc2C)CC1.Cl. The zero-order valence-corrected chi connectivity index (χ0v) is 11.8. The fourth-order valence-corrected chi connectivity index (χ4v) is 2.41. The molecule has 1 aromatic heterocycles. The molecule has 18 heavy (non-hydrogen) atoms. The Morgan fingerprint density at radius 1 is 1.50 bits per heavy atom. The van der Waals surface area contributed by atoms with Crippen LogP contribution in [0, 0.1) is 12.8 Å². The third-order valence-electron chi connectivity index (χ3n) is 3.48. The van der Waals surface area contributed by atoms with Gasteiger partial charge in [-0.3, -0.25) is 4.79 Å². The minimum Gasteiger partial charge on any atom is -0.469 e. The van der Waals surface area contributed by atoms with Crippen LogP contribution in [0.5, 0.6) is 0 Å². The largest absolute Gasteiger partial charge is 0.469 e. The lowest BCUT2D eigenvalue weighted by atomic mass is 9.96. The molecule has 102 valence electrons. The van der Waals surface area contributed by atoms with Gasteiger partial charge in [-0.2, -0.15) is 0 Å². The third kappa shape index (κ3) is 3.27. The number of hydrogen-bond donors (Lipinski definition) is 1. The number of hydrogen-bond acceptors (Lipinski definition) is 3. The predicted molar refractivity (Wildman–Crippen MR) is 73.2 cm³/mol. The summed E-state index contributed by atoms with van der Waals surface area (Å²) in [5.41, 5.74) is 0.706. The van der Waals surface area contributed by atoms with Gasteiger partial charge in [0.05, 0.1) is 11.8 Å². The summed E-state index contributed by atoms with van der Waals surface area (Å²) >= 11 is 0. The van der Waals surface area contributed by atoms with Crippen molar-refractivity contribution in [2.75, 3.05) is 26.7 Å². The Bertz CT molecular complexity index is 384. The van der Waals surface area contributed by atoms with Crippen LogP contribution in [-0.2, 0) is 0 Å². The van der Waals surface area contributed by atoms with Gasteiger partial charge in [0.25, 0.3) is 5.91 Å². The van der Waals surface area contributed by atoms with E-state index in [1.165, 1.54) is 0 Å². The first-order valence-electron chi connectivity index (χ1n) is 6.20. The summed E-state index contributed by atoms with van der Waals surface area (Å²) in [6.45, 7) is 4.60. The highest BCUT2D eigenvalue weighted by molar-refractivity contribution is 5.95. The van der Waals surface area contributed by atoms with Crippen LogP contribution in [0.15, 0.2) is 16.7 Å². The van der Waals surface area contributed by atoms with Crippen LogP contribution >= 0.6 is 12.4 Å². The lowest BCUT2D eigenvalue weighted by Crippen LogP contribution is -2.40. The molecule has 5 heteroatoms. The predicted octanol–water partition coefficient (Wildman–Crippen LogP) is 2.08. The highest BCUT2D eigenvalue weighted by Gasteiger charge is 2.24. The monoisotopic (exact) mass is 272 g/mol. The molecule has 1 aromatic rings. The third-order valence-corrected chi connectivity index (χ3v) is 3.48. The second-order valence-electron chi connectivity index (χ2n) is 4.68. The normalized spacial score (nSPS) is 16.4. The Morgan fingerprint density at radius 3 is 2.67 bits per heavy atom. The van der Waals surface area contributed by atoms with Gasteiger partial charge >= 0.3 is 0 Å². The highest BCUT2D eigenvalue weighted by atomic mass is 35.5. The minimum absolute atomic E-state index is 0. The maximum absolute atomic E-state index is 12.2. The van der Waals surface area contributed by atoms with E-state index < -0.39 is 0 Å². The summed E-state index contributed by atoms with van der Waals surface area (Å²) in [5, 5.41) is 3.20. The molecule has 0 saturated carbocycles. The quantitative estimate of drug-likeness (QED) is 0.916. The zero-order chi connectivity index (χ0) is 12.3. The van der Waals surface area contributed by atoms with E-state index in [9.17, 15) is 4.79 Å². The maximum atomic E-state index is 12.2. The van der Waals surface area contributed by atoms with Gasteiger partial charge in [0, 0.05) is 13.1 Å². The summed E-state index contributed by atoms with van der Waals surface area (Å²) in [4.78, 5) is 14.1. The topological polar surface area (TPSA) is 45.5 Å². The van der Waals surface area contributed by atoms with E-state index in [-0.39, 0.29) is 18.3 Å². The van der Waals surface area contributed by atoms with Crippen molar-refractivity contribution in [1.82, 2.24) is 10.2 Å². The number of carbonyl (C=O) groups is 1. The fourth-order valence-electron chi connectivity index (χ4n) is 2.41. The van der Waals surface area contributed by atoms with Crippen LogP contribution in [0.1, 0.15) is 29.0 Å². The standard InChI is InChI=1S/C13H20N2O2.ClH/c1-10-12(5-8-17-10)13(16)15-6-3-11(4-7-15)9-14-2;/h5,8,11,14H,3-4,6-7,9H2,1-2H3;1H. The van der Waals surface area contributed by atoms with Gasteiger partial charge in [-0.05, 0) is 45.3 Å². The molecular formula is C13H21ClN2O2. The number of nitrogens with one attached hydrogen (secondary N) is 1. The zero-order valence-electron chi connectivity index (χ0n) is 10.9. The number of nitrogens with zero attached hydrogens (tertiary/aromatic N) is 1. The molecule has 0 bridgehead atoms. The lowest BCUT2D eigenvalue weighted by Gasteiger charge is -2.31. The molecule has 0 aromatic carbocycles. The molecule has 1 saturated heterocycles. The first kappa shape index (κ1) is 15.1. The smallest absolute Gasteiger partial charge is 0.257 e. The van der Waals surface area contributed by atoms with Crippen LogP contribution in [-0.4, -0.2) is 37.5 Å². The molecule has 2 heterocycles. The molecule has 0 radical (unpaired) electrons. The van der Waals surface area contributed by atoms with E-state index in [0.29, 0.717) is 17.2 Å². The van der Waals surface area contributed by atoms with Gasteiger partial charge in [0.2, 0.25) is 0 Å². The van der Waals surface area contributed by atoms with E-state index in [4.69, 9.17) is 4.42 Å². The van der Waals surface area contributed by atoms with E-state index in [0.717, 1.165) is 32.5 Å². The first-order chi connectivity index (χ1) is 8.22. The van der Waals surface area contributed by atoms with Crippen LogP contribution in [0.4, 0.5) is 0 Å². The molecule has 1 aliphatic rings. The Balaban J connectivity index is 0.00000162. The van der Waals surface area contributed by atoms with Crippen LogP contribution < -0.4 is 5.32 Å². The molecular weight excluding hydrogens is 252 g/mol. The number of rotatable bonds is 3. The second-order valence-corrected chi connectivity index (χ2v) is 4.68. The number of piperidine rings is 1. The minimum atomic E-state index is 0. The summed E-state index contributed by atoms with van der Waals surface area (Å²) < 4.78 is 5.18. The molecule has 0 unspecified atom stereocenters. The van der Waals surface area contributed by atoms with Gasteiger partial charge in [-0.25, -0.2) is 0 Å². The number of furan rings is 1. The van der Waals surface area contributed by atoms with Gasteiger partial charge in [0.15, 0.2) is 0 Å². The molecule has 0 atom stereocenters. The summed E-state index contributed by atoms with van der Waals surface area (Å²) in [6, 6.07) is 1.76. The maximum Gasteiger partial charge on any atom is 0.257 e. The summed E-state index contributed by atoms with van der Waals surface area (Å²) in [6.07, 6.45) is 3.75. The van der Waals surface area contributed by atoms with E-state index >= 15 is 0 Å². The van der Waals surface area contributed by atoms with Crippen molar-refractivity contribution >= 4 is 18.3 Å². The van der Waals surface area contributed by atoms with Gasteiger partial charge in [-0.15, -0.1) is 12.4 Å². The van der Waals surface area contributed by atoms with E-state index in [2.05, 4.69) is 5.32 Å². The molecule has 4 nitrogen and oxygen atoms in total. The Morgan fingerprint density at radius 2 is 2.17 bits per heavy atom. The van der Waals surface area contributed by atoms with Crippen molar-refractivity contribution in [3.8, 4) is 0 Å². The fraction of sp³-hybridized carbons (Fsp3) is 0.615. The Labute approximate surface area is 114 Å². The van der Waals surface area contributed by atoms with Crippen molar-refractivity contribution in [1.29, 1.82) is 0 Å². The average molecular weight is 273 g/mol. The van der Waals surface area contributed by atoms with Crippen molar-refractivity contribution in [2.24, 2.45) is 5.92 Å². The van der Waals surface area contributed by atoms with Crippen molar-refractivity contribution < 1.29 is 9.21 Å². The van der Waals surface area contributed by atoms with Gasteiger partial charge in [-0.1, -0.05) is 0 Å². The van der Waals surface area contributed by atoms with Crippen molar-refractivity contribution in [3.63, 3.8) is 0 Å².